The average Bonchev–Trinajstić information content (AvgIpc) is 2.47. The third-order valence-electron chi connectivity index (χ3n) is 2.62. The van der Waals surface area contributed by atoms with Crippen LogP contribution in [0.5, 0.6) is 5.75 Å². The number of carbonyl (C=O) groups is 2. The van der Waals surface area contributed by atoms with E-state index in [1.807, 2.05) is 0 Å². The highest BCUT2D eigenvalue weighted by Gasteiger charge is 2.17. The van der Waals surface area contributed by atoms with Gasteiger partial charge in [-0.05, 0) is 6.07 Å². The number of anilines is 1. The van der Waals surface area contributed by atoms with Gasteiger partial charge in [0.15, 0.2) is 0 Å². The molecule has 122 valence electrons. The van der Waals surface area contributed by atoms with E-state index in [1.165, 1.54) is 26.4 Å². The van der Waals surface area contributed by atoms with Crippen LogP contribution in [0.15, 0.2) is 12.1 Å². The molecule has 1 aromatic carbocycles. The van der Waals surface area contributed by atoms with Crippen LogP contribution in [0.3, 0.4) is 0 Å². The quantitative estimate of drug-likeness (QED) is 0.762. The lowest BCUT2D eigenvalue weighted by molar-refractivity contribution is 0.0597. The third kappa shape index (κ3) is 5.19. The molecular formula is C13H17ClN2O5S. The minimum absolute atomic E-state index is 0.155. The molecule has 1 aromatic rings. The van der Waals surface area contributed by atoms with Crippen molar-refractivity contribution in [2.45, 2.75) is 0 Å². The Bertz CT molecular complexity index is 594. The molecule has 0 spiro atoms. The molecule has 0 fully saturated rings. The Morgan fingerprint density at radius 2 is 2.00 bits per heavy atom. The summed E-state index contributed by atoms with van der Waals surface area (Å²) in [4.78, 5) is 23.3. The molecule has 0 bridgehead atoms. The van der Waals surface area contributed by atoms with E-state index in [0.29, 0.717) is 5.75 Å². The van der Waals surface area contributed by atoms with Gasteiger partial charge in [-0.15, -0.1) is 0 Å². The van der Waals surface area contributed by atoms with Crippen molar-refractivity contribution in [2.24, 2.45) is 0 Å². The smallest absolute Gasteiger partial charge is 0.341 e. The Labute approximate surface area is 135 Å². The molecule has 1 unspecified atom stereocenters. The second kappa shape index (κ2) is 8.60. The van der Waals surface area contributed by atoms with Crippen molar-refractivity contribution < 1.29 is 23.3 Å². The van der Waals surface area contributed by atoms with Gasteiger partial charge in [-0.3, -0.25) is 4.21 Å². The Hall–Kier alpha value is -1.80. The number of urea groups is 1. The third-order valence-corrected chi connectivity index (χ3v) is 3.71. The number of hydrogen-bond acceptors (Lipinski definition) is 5. The average molecular weight is 349 g/mol. The maximum absolute atomic E-state index is 11.7. The van der Waals surface area contributed by atoms with E-state index in [1.54, 1.807) is 6.26 Å². The lowest BCUT2D eigenvalue weighted by Gasteiger charge is -2.13. The molecule has 0 heterocycles. The van der Waals surface area contributed by atoms with Crippen molar-refractivity contribution in [3.05, 3.63) is 22.7 Å². The zero-order chi connectivity index (χ0) is 16.7. The summed E-state index contributed by atoms with van der Waals surface area (Å²) >= 11 is 6.03. The number of carbonyl (C=O) groups excluding carboxylic acids is 2. The Balaban J connectivity index is 2.85. The van der Waals surface area contributed by atoms with Gasteiger partial charge in [0.05, 0.1) is 24.9 Å². The van der Waals surface area contributed by atoms with Crippen LogP contribution in [-0.2, 0) is 15.5 Å². The number of rotatable bonds is 6. The predicted octanol–water partition coefficient (Wildman–Crippen LogP) is 1.64. The Morgan fingerprint density at radius 1 is 1.32 bits per heavy atom. The lowest BCUT2D eigenvalue weighted by Crippen LogP contribution is -2.31. The molecule has 9 heteroatoms. The van der Waals surface area contributed by atoms with Gasteiger partial charge in [0.1, 0.15) is 11.3 Å². The van der Waals surface area contributed by atoms with Crippen LogP contribution in [0.4, 0.5) is 10.5 Å². The second-order valence-corrected chi connectivity index (χ2v) is 6.14. The molecule has 2 N–H and O–H groups in total. The van der Waals surface area contributed by atoms with E-state index in [2.05, 4.69) is 15.4 Å². The normalized spacial score (nSPS) is 11.5. The van der Waals surface area contributed by atoms with Crippen molar-refractivity contribution in [1.29, 1.82) is 0 Å². The zero-order valence-electron chi connectivity index (χ0n) is 12.4. The van der Waals surface area contributed by atoms with E-state index in [4.69, 9.17) is 16.3 Å². The first-order valence-corrected chi connectivity index (χ1v) is 8.30. The topological polar surface area (TPSA) is 93.7 Å². The first kappa shape index (κ1) is 18.2. The van der Waals surface area contributed by atoms with Crippen LogP contribution < -0.4 is 15.4 Å². The van der Waals surface area contributed by atoms with Crippen LogP contribution >= 0.6 is 11.6 Å². The number of nitrogens with one attached hydrogen (secondary N) is 2. The highest BCUT2D eigenvalue weighted by atomic mass is 35.5. The maximum Gasteiger partial charge on any atom is 0.341 e. The van der Waals surface area contributed by atoms with Crippen molar-refractivity contribution in [3.8, 4) is 5.75 Å². The van der Waals surface area contributed by atoms with Gasteiger partial charge in [0.25, 0.3) is 0 Å². The summed E-state index contributed by atoms with van der Waals surface area (Å²) in [5.41, 5.74) is 0.434. The molecule has 0 radical (unpaired) electrons. The van der Waals surface area contributed by atoms with Crippen LogP contribution in [-0.4, -0.2) is 49.0 Å². The van der Waals surface area contributed by atoms with Crippen molar-refractivity contribution in [2.75, 3.05) is 38.1 Å². The van der Waals surface area contributed by atoms with Crippen molar-refractivity contribution in [3.63, 3.8) is 0 Å². The minimum Gasteiger partial charge on any atom is -0.496 e. The van der Waals surface area contributed by atoms with Gasteiger partial charge in [-0.1, -0.05) is 11.6 Å². The number of hydrogen-bond donors (Lipinski definition) is 2. The second-order valence-electron chi connectivity index (χ2n) is 4.18. The van der Waals surface area contributed by atoms with Crippen LogP contribution in [0.2, 0.25) is 5.02 Å². The summed E-state index contributed by atoms with van der Waals surface area (Å²) in [6.45, 7) is 0.268. The van der Waals surface area contributed by atoms with Gasteiger partial charge >= 0.3 is 12.0 Å². The molecule has 0 aliphatic carbocycles. The molecule has 2 amide bonds. The highest BCUT2D eigenvalue weighted by molar-refractivity contribution is 7.84. The predicted molar refractivity (Wildman–Crippen MR) is 85.3 cm³/mol. The van der Waals surface area contributed by atoms with Gasteiger partial charge < -0.3 is 20.1 Å². The number of amides is 2. The van der Waals surface area contributed by atoms with Crippen molar-refractivity contribution in [1.82, 2.24) is 5.32 Å². The van der Waals surface area contributed by atoms with E-state index in [-0.39, 0.29) is 28.6 Å². The summed E-state index contributed by atoms with van der Waals surface area (Å²) in [6.07, 6.45) is 1.55. The van der Waals surface area contributed by atoms with Crippen LogP contribution in [0.1, 0.15) is 10.4 Å². The fraction of sp³-hybridized carbons (Fsp3) is 0.385. The first-order chi connectivity index (χ1) is 10.4. The molecule has 1 atom stereocenters. The Morgan fingerprint density at radius 3 is 2.55 bits per heavy atom. The summed E-state index contributed by atoms with van der Waals surface area (Å²) < 4.78 is 20.6. The summed E-state index contributed by atoms with van der Waals surface area (Å²) in [6, 6.07) is 2.27. The van der Waals surface area contributed by atoms with E-state index >= 15 is 0 Å². The zero-order valence-corrected chi connectivity index (χ0v) is 14.0. The molecule has 0 saturated carbocycles. The van der Waals surface area contributed by atoms with Gasteiger partial charge in [0.2, 0.25) is 0 Å². The molecule has 0 saturated heterocycles. The fourth-order valence-corrected chi connectivity index (χ4v) is 2.16. The summed E-state index contributed by atoms with van der Waals surface area (Å²) in [5, 5.41) is 5.23. The molecule has 22 heavy (non-hydrogen) atoms. The molecule has 0 aliphatic rings. The van der Waals surface area contributed by atoms with E-state index in [0.717, 1.165) is 0 Å². The Kier molecular flexibility index (Phi) is 7.13. The largest absolute Gasteiger partial charge is 0.496 e. The monoisotopic (exact) mass is 348 g/mol. The summed E-state index contributed by atoms with van der Waals surface area (Å²) in [5.74, 6) is -0.0208. The number of benzene rings is 1. The number of halogens is 1. The minimum atomic E-state index is -0.987. The standard InChI is InChI=1S/C13H17ClN2O5S/c1-20-11-7-10(9(14)6-8(11)12(17)21-2)16-13(18)15-4-5-22(3)19/h6-7H,4-5H2,1-3H3,(H2,15,16,18). The lowest BCUT2D eigenvalue weighted by atomic mass is 10.2. The van der Waals surface area contributed by atoms with Gasteiger partial charge in [-0.2, -0.15) is 0 Å². The molecule has 0 aromatic heterocycles. The van der Waals surface area contributed by atoms with Crippen molar-refractivity contribution >= 4 is 40.1 Å². The van der Waals surface area contributed by atoms with Gasteiger partial charge in [0, 0.05) is 35.4 Å². The summed E-state index contributed by atoms with van der Waals surface area (Å²) in [7, 11) is 1.64. The SMILES string of the molecule is COC(=O)c1cc(Cl)c(NC(=O)NCCS(C)=O)cc1OC. The van der Waals surface area contributed by atoms with Gasteiger partial charge in [-0.25, -0.2) is 9.59 Å². The first-order valence-electron chi connectivity index (χ1n) is 6.19. The molecule has 7 nitrogen and oxygen atoms in total. The fourth-order valence-electron chi connectivity index (χ4n) is 1.56. The van der Waals surface area contributed by atoms with E-state index in [9.17, 15) is 13.8 Å². The maximum atomic E-state index is 11.7. The highest BCUT2D eigenvalue weighted by Crippen LogP contribution is 2.31. The van der Waals surface area contributed by atoms with E-state index < -0.39 is 22.8 Å². The number of ether oxygens (including phenoxy) is 2. The molecule has 0 aliphatic heterocycles. The van der Waals surface area contributed by atoms with Crippen LogP contribution in [0, 0.1) is 0 Å². The number of esters is 1. The number of methoxy groups -OCH3 is 2. The molecule has 1 rings (SSSR count). The van der Waals surface area contributed by atoms with Crippen LogP contribution in [0.25, 0.3) is 0 Å². The molecular weight excluding hydrogens is 332 g/mol.